The van der Waals surface area contributed by atoms with Crippen molar-refractivity contribution < 1.29 is 17.9 Å². The molecule has 2 aromatic rings. The fourth-order valence-corrected chi connectivity index (χ4v) is 2.67. The van der Waals surface area contributed by atoms with Gasteiger partial charge in [0.15, 0.2) is 11.6 Å². The van der Waals surface area contributed by atoms with E-state index in [0.717, 1.165) is 11.6 Å². The number of halogens is 3. The van der Waals surface area contributed by atoms with E-state index < -0.39 is 23.6 Å². The van der Waals surface area contributed by atoms with Crippen LogP contribution in [0.2, 0.25) is 0 Å². The van der Waals surface area contributed by atoms with E-state index in [4.69, 9.17) is 4.74 Å². The first-order valence-electron chi connectivity index (χ1n) is 6.67. The zero-order valence-electron chi connectivity index (χ0n) is 11.4. The maximum absolute atomic E-state index is 13.9. The average Bonchev–Trinajstić information content (AvgIpc) is 2.48. The van der Waals surface area contributed by atoms with Gasteiger partial charge >= 0.3 is 0 Å². The monoisotopic (exact) mass is 293 g/mol. The molecule has 1 heterocycles. The molecule has 2 nitrogen and oxygen atoms in total. The Bertz CT molecular complexity index is 675. The smallest absolute Gasteiger partial charge is 0.165 e. The number of rotatable bonds is 2. The second-order valence-electron chi connectivity index (χ2n) is 5.01. The summed E-state index contributed by atoms with van der Waals surface area (Å²) in [5.74, 6) is -1.91. The average molecular weight is 293 g/mol. The standard InChI is InChI=1S/C16H14F3NO/c1-20-13-8-15(11-3-2-4-12(18)16(11)19)21-14-7-9(17)5-6-10(13)14/h2-7,13,15,20H,8H2,1H3. The van der Waals surface area contributed by atoms with Gasteiger partial charge in [0, 0.05) is 29.7 Å². The van der Waals surface area contributed by atoms with Gasteiger partial charge < -0.3 is 10.1 Å². The van der Waals surface area contributed by atoms with Crippen LogP contribution < -0.4 is 10.1 Å². The largest absolute Gasteiger partial charge is 0.485 e. The Morgan fingerprint density at radius 3 is 2.67 bits per heavy atom. The third-order valence-electron chi connectivity index (χ3n) is 3.75. The lowest BCUT2D eigenvalue weighted by atomic mass is 9.92. The summed E-state index contributed by atoms with van der Waals surface area (Å²) in [6, 6.07) is 8.14. The second kappa shape index (κ2) is 5.41. The number of fused-ring (bicyclic) bond motifs is 1. The van der Waals surface area contributed by atoms with Crippen LogP contribution in [0.25, 0.3) is 0 Å². The molecule has 5 heteroatoms. The Hall–Kier alpha value is -2.01. The van der Waals surface area contributed by atoms with Gasteiger partial charge in [-0.2, -0.15) is 0 Å². The Morgan fingerprint density at radius 1 is 1.10 bits per heavy atom. The minimum Gasteiger partial charge on any atom is -0.485 e. The maximum atomic E-state index is 13.9. The Balaban J connectivity index is 2.02. The van der Waals surface area contributed by atoms with E-state index in [0.29, 0.717) is 12.2 Å². The minimum atomic E-state index is -0.919. The van der Waals surface area contributed by atoms with Crippen molar-refractivity contribution in [2.75, 3.05) is 7.05 Å². The Morgan fingerprint density at radius 2 is 1.90 bits per heavy atom. The van der Waals surface area contributed by atoms with Gasteiger partial charge in [0.2, 0.25) is 0 Å². The summed E-state index contributed by atoms with van der Waals surface area (Å²) in [5.41, 5.74) is 0.956. The van der Waals surface area contributed by atoms with Crippen LogP contribution in [-0.2, 0) is 0 Å². The zero-order chi connectivity index (χ0) is 15.0. The van der Waals surface area contributed by atoms with Crippen LogP contribution >= 0.6 is 0 Å². The first-order valence-corrected chi connectivity index (χ1v) is 6.67. The van der Waals surface area contributed by atoms with E-state index in [1.54, 1.807) is 13.1 Å². The summed E-state index contributed by atoms with van der Waals surface area (Å²) >= 11 is 0. The molecule has 0 spiro atoms. The highest BCUT2D eigenvalue weighted by atomic mass is 19.2. The highest BCUT2D eigenvalue weighted by Crippen LogP contribution is 2.41. The number of ether oxygens (including phenoxy) is 1. The van der Waals surface area contributed by atoms with Gasteiger partial charge in [-0.1, -0.05) is 18.2 Å². The predicted octanol–water partition coefficient (Wildman–Crippen LogP) is 3.89. The van der Waals surface area contributed by atoms with Crippen molar-refractivity contribution in [1.82, 2.24) is 5.32 Å². The molecule has 3 rings (SSSR count). The van der Waals surface area contributed by atoms with E-state index in [1.165, 1.54) is 24.3 Å². The summed E-state index contributed by atoms with van der Waals surface area (Å²) in [6.45, 7) is 0. The van der Waals surface area contributed by atoms with Gasteiger partial charge in [0.25, 0.3) is 0 Å². The van der Waals surface area contributed by atoms with Gasteiger partial charge in [-0.15, -0.1) is 0 Å². The molecule has 0 radical (unpaired) electrons. The molecule has 2 atom stereocenters. The normalized spacial score (nSPS) is 20.8. The first-order chi connectivity index (χ1) is 10.1. The Kier molecular flexibility index (Phi) is 3.59. The summed E-state index contributed by atoms with van der Waals surface area (Å²) in [5, 5.41) is 3.09. The van der Waals surface area contributed by atoms with E-state index in [-0.39, 0.29) is 11.6 Å². The van der Waals surface area contributed by atoms with Crippen LogP contribution in [0.4, 0.5) is 13.2 Å². The van der Waals surface area contributed by atoms with E-state index >= 15 is 0 Å². The summed E-state index contributed by atoms with van der Waals surface area (Å²) < 4.78 is 46.3. The SMILES string of the molecule is CNC1CC(c2cccc(F)c2F)Oc2cc(F)ccc21. The fourth-order valence-electron chi connectivity index (χ4n) is 2.67. The first kappa shape index (κ1) is 13.9. The summed E-state index contributed by atoms with van der Waals surface area (Å²) in [6.07, 6.45) is -0.220. The van der Waals surface area contributed by atoms with Crippen molar-refractivity contribution in [3.05, 3.63) is 65.0 Å². The molecule has 2 aromatic carbocycles. The lowest BCUT2D eigenvalue weighted by molar-refractivity contribution is 0.148. The van der Waals surface area contributed by atoms with Crippen molar-refractivity contribution in [2.24, 2.45) is 0 Å². The molecule has 0 amide bonds. The van der Waals surface area contributed by atoms with Crippen molar-refractivity contribution in [3.8, 4) is 5.75 Å². The fraction of sp³-hybridized carbons (Fsp3) is 0.250. The maximum Gasteiger partial charge on any atom is 0.165 e. The van der Waals surface area contributed by atoms with Crippen LogP contribution in [0.15, 0.2) is 36.4 Å². The second-order valence-corrected chi connectivity index (χ2v) is 5.01. The van der Waals surface area contributed by atoms with Crippen LogP contribution in [-0.4, -0.2) is 7.05 Å². The van der Waals surface area contributed by atoms with E-state index in [9.17, 15) is 13.2 Å². The molecule has 21 heavy (non-hydrogen) atoms. The molecule has 0 aromatic heterocycles. The molecule has 1 aliphatic rings. The number of hydrogen-bond acceptors (Lipinski definition) is 2. The molecule has 0 bridgehead atoms. The van der Waals surface area contributed by atoms with Gasteiger partial charge in [-0.3, -0.25) is 0 Å². The molecular formula is C16H14F3NO. The summed E-state index contributed by atoms with van der Waals surface area (Å²) in [7, 11) is 1.77. The summed E-state index contributed by atoms with van der Waals surface area (Å²) in [4.78, 5) is 0. The van der Waals surface area contributed by atoms with Gasteiger partial charge in [-0.05, 0) is 19.2 Å². The molecule has 2 unspecified atom stereocenters. The molecule has 0 saturated carbocycles. The van der Waals surface area contributed by atoms with Crippen LogP contribution in [0.3, 0.4) is 0 Å². The van der Waals surface area contributed by atoms with Gasteiger partial charge in [-0.25, -0.2) is 13.2 Å². The third-order valence-corrected chi connectivity index (χ3v) is 3.75. The topological polar surface area (TPSA) is 21.3 Å². The molecule has 0 aliphatic carbocycles. The van der Waals surface area contributed by atoms with Crippen molar-refractivity contribution in [1.29, 1.82) is 0 Å². The lowest BCUT2D eigenvalue weighted by Gasteiger charge is -2.32. The highest BCUT2D eigenvalue weighted by molar-refractivity contribution is 5.40. The predicted molar refractivity (Wildman–Crippen MR) is 72.5 cm³/mol. The van der Waals surface area contributed by atoms with E-state index in [2.05, 4.69) is 5.32 Å². The zero-order valence-corrected chi connectivity index (χ0v) is 11.4. The van der Waals surface area contributed by atoms with Crippen LogP contribution in [0.5, 0.6) is 5.75 Å². The number of benzene rings is 2. The lowest BCUT2D eigenvalue weighted by Crippen LogP contribution is -2.27. The van der Waals surface area contributed by atoms with E-state index in [1.807, 2.05) is 0 Å². The number of hydrogen-bond donors (Lipinski definition) is 1. The Labute approximate surface area is 120 Å². The third kappa shape index (κ3) is 2.49. The minimum absolute atomic E-state index is 0.109. The van der Waals surface area contributed by atoms with Crippen molar-refractivity contribution in [2.45, 2.75) is 18.6 Å². The molecule has 0 fully saturated rings. The van der Waals surface area contributed by atoms with Gasteiger partial charge in [0.05, 0.1) is 0 Å². The highest BCUT2D eigenvalue weighted by Gasteiger charge is 2.30. The quantitative estimate of drug-likeness (QED) is 0.907. The molecule has 110 valence electrons. The number of nitrogens with one attached hydrogen (secondary N) is 1. The molecule has 1 aliphatic heterocycles. The van der Waals surface area contributed by atoms with Crippen LogP contribution in [0, 0.1) is 17.5 Å². The molecule has 0 saturated heterocycles. The van der Waals surface area contributed by atoms with Crippen LogP contribution in [0.1, 0.15) is 29.7 Å². The van der Waals surface area contributed by atoms with Crippen molar-refractivity contribution >= 4 is 0 Å². The van der Waals surface area contributed by atoms with Gasteiger partial charge in [0.1, 0.15) is 17.7 Å². The van der Waals surface area contributed by atoms with Crippen molar-refractivity contribution in [3.63, 3.8) is 0 Å². The molecule has 1 N–H and O–H groups in total. The molecular weight excluding hydrogens is 279 g/mol.